The monoisotopic (exact) mass is 408 g/mol. The standard InChI is InChI=1S/C20H25ClN2O3S/c1-12(2)15(5)22-20(24)16-8-9-17(21)19(11-16)27(25,26)23-18-10-13(3)6-7-14(18)4/h6-12,15,23H,1-5H3,(H,22,24). The normalized spacial score (nSPS) is 12.7. The van der Waals surface area contributed by atoms with Crippen molar-refractivity contribution in [2.24, 2.45) is 5.92 Å². The molecule has 2 N–H and O–H groups in total. The third-order valence-electron chi connectivity index (χ3n) is 4.48. The fourth-order valence-corrected chi connectivity index (χ4v) is 4.00. The van der Waals surface area contributed by atoms with Gasteiger partial charge in [-0.2, -0.15) is 0 Å². The van der Waals surface area contributed by atoms with E-state index in [2.05, 4.69) is 10.0 Å². The van der Waals surface area contributed by atoms with Gasteiger partial charge < -0.3 is 5.32 Å². The van der Waals surface area contributed by atoms with E-state index in [9.17, 15) is 13.2 Å². The van der Waals surface area contributed by atoms with E-state index >= 15 is 0 Å². The number of sulfonamides is 1. The lowest BCUT2D eigenvalue weighted by Crippen LogP contribution is -2.36. The van der Waals surface area contributed by atoms with Gasteiger partial charge in [-0.25, -0.2) is 8.42 Å². The van der Waals surface area contributed by atoms with Crippen LogP contribution in [0.5, 0.6) is 0 Å². The summed E-state index contributed by atoms with van der Waals surface area (Å²) in [5, 5.41) is 2.92. The topological polar surface area (TPSA) is 75.3 Å². The van der Waals surface area contributed by atoms with Gasteiger partial charge in [-0.15, -0.1) is 0 Å². The molecule has 0 bridgehead atoms. The Hall–Kier alpha value is -2.05. The maximum absolute atomic E-state index is 12.9. The predicted molar refractivity (Wildman–Crippen MR) is 110 cm³/mol. The van der Waals surface area contributed by atoms with Crippen LogP contribution in [0.3, 0.4) is 0 Å². The van der Waals surface area contributed by atoms with Crippen molar-refractivity contribution in [2.45, 2.75) is 45.6 Å². The molecule has 0 saturated heterocycles. The maximum atomic E-state index is 12.9. The summed E-state index contributed by atoms with van der Waals surface area (Å²) in [7, 11) is -3.95. The summed E-state index contributed by atoms with van der Waals surface area (Å²) in [4.78, 5) is 12.3. The molecule has 0 radical (unpaired) electrons. The molecule has 2 aromatic rings. The summed E-state index contributed by atoms with van der Waals surface area (Å²) < 4.78 is 28.3. The summed E-state index contributed by atoms with van der Waals surface area (Å²) in [5.41, 5.74) is 2.45. The second-order valence-corrected chi connectivity index (χ2v) is 9.13. The van der Waals surface area contributed by atoms with Crippen molar-refractivity contribution in [2.75, 3.05) is 4.72 Å². The Balaban J connectivity index is 2.36. The average molecular weight is 409 g/mol. The van der Waals surface area contributed by atoms with E-state index in [1.165, 1.54) is 18.2 Å². The Morgan fingerprint density at radius 1 is 1.04 bits per heavy atom. The zero-order valence-electron chi connectivity index (χ0n) is 16.1. The molecule has 1 atom stereocenters. The molecule has 0 aliphatic heterocycles. The van der Waals surface area contributed by atoms with Gasteiger partial charge in [-0.3, -0.25) is 9.52 Å². The molecule has 0 aliphatic rings. The number of nitrogens with one attached hydrogen (secondary N) is 2. The first-order chi connectivity index (χ1) is 12.5. The van der Waals surface area contributed by atoms with E-state index in [1.807, 2.05) is 46.8 Å². The van der Waals surface area contributed by atoms with Crippen molar-refractivity contribution in [1.29, 1.82) is 0 Å². The van der Waals surface area contributed by atoms with Crippen molar-refractivity contribution in [1.82, 2.24) is 5.32 Å². The molecule has 0 aromatic heterocycles. The molecular weight excluding hydrogens is 384 g/mol. The SMILES string of the molecule is Cc1ccc(C)c(NS(=O)(=O)c2cc(C(=O)NC(C)C(C)C)ccc2Cl)c1. The number of carbonyl (C=O) groups excluding carboxylic acids is 1. The van der Waals surface area contributed by atoms with Crippen LogP contribution in [0.1, 0.15) is 42.3 Å². The van der Waals surface area contributed by atoms with E-state index in [0.717, 1.165) is 11.1 Å². The van der Waals surface area contributed by atoms with Gasteiger partial charge in [0.1, 0.15) is 4.90 Å². The second kappa shape index (κ2) is 8.31. The Morgan fingerprint density at radius 2 is 1.70 bits per heavy atom. The molecule has 0 aliphatic carbocycles. The molecule has 1 amide bonds. The number of benzene rings is 2. The van der Waals surface area contributed by atoms with Gasteiger partial charge in [-0.05, 0) is 62.1 Å². The lowest BCUT2D eigenvalue weighted by molar-refractivity contribution is 0.0930. The highest BCUT2D eigenvalue weighted by molar-refractivity contribution is 7.92. The van der Waals surface area contributed by atoms with Crippen molar-refractivity contribution in [3.05, 3.63) is 58.1 Å². The largest absolute Gasteiger partial charge is 0.349 e. The predicted octanol–water partition coefficient (Wildman–Crippen LogP) is 4.53. The van der Waals surface area contributed by atoms with Crippen molar-refractivity contribution in [3.63, 3.8) is 0 Å². The van der Waals surface area contributed by atoms with Gasteiger partial charge in [0.05, 0.1) is 10.7 Å². The van der Waals surface area contributed by atoms with Gasteiger partial charge in [-0.1, -0.05) is 37.6 Å². The van der Waals surface area contributed by atoms with Crippen molar-refractivity contribution >= 4 is 33.2 Å². The van der Waals surface area contributed by atoms with E-state index in [0.29, 0.717) is 5.69 Å². The van der Waals surface area contributed by atoms with E-state index in [4.69, 9.17) is 11.6 Å². The zero-order valence-corrected chi connectivity index (χ0v) is 17.7. The number of carbonyl (C=O) groups is 1. The Kier molecular flexibility index (Phi) is 6.54. The molecule has 0 saturated carbocycles. The van der Waals surface area contributed by atoms with Gasteiger partial charge in [0.15, 0.2) is 0 Å². The molecule has 2 rings (SSSR count). The number of amides is 1. The van der Waals surface area contributed by atoms with Gasteiger partial charge >= 0.3 is 0 Å². The highest BCUT2D eigenvalue weighted by Gasteiger charge is 2.22. The van der Waals surface area contributed by atoms with Crippen LogP contribution in [-0.2, 0) is 10.0 Å². The molecule has 7 heteroatoms. The minimum atomic E-state index is -3.95. The minimum Gasteiger partial charge on any atom is -0.349 e. The van der Waals surface area contributed by atoms with Gasteiger partial charge in [0, 0.05) is 11.6 Å². The number of hydrogen-bond acceptors (Lipinski definition) is 3. The Morgan fingerprint density at radius 3 is 2.33 bits per heavy atom. The number of rotatable bonds is 6. The van der Waals surface area contributed by atoms with Crippen molar-refractivity contribution < 1.29 is 13.2 Å². The molecule has 27 heavy (non-hydrogen) atoms. The number of hydrogen-bond donors (Lipinski definition) is 2. The Bertz CT molecular complexity index is 956. The average Bonchev–Trinajstić information content (AvgIpc) is 2.57. The molecular formula is C20H25ClN2O3S. The van der Waals surface area contributed by atoms with Crippen LogP contribution in [-0.4, -0.2) is 20.4 Å². The zero-order chi connectivity index (χ0) is 20.4. The lowest BCUT2D eigenvalue weighted by atomic mass is 10.1. The first-order valence-electron chi connectivity index (χ1n) is 8.71. The van der Waals surface area contributed by atoms with Crippen LogP contribution in [0.4, 0.5) is 5.69 Å². The number of anilines is 1. The van der Waals surface area contributed by atoms with Crippen molar-refractivity contribution in [3.8, 4) is 0 Å². The molecule has 0 spiro atoms. The van der Waals surface area contributed by atoms with Crippen LogP contribution in [0.2, 0.25) is 5.02 Å². The molecule has 0 heterocycles. The van der Waals surface area contributed by atoms with Crippen LogP contribution < -0.4 is 10.0 Å². The smallest absolute Gasteiger partial charge is 0.263 e. The minimum absolute atomic E-state index is 0.0405. The fourth-order valence-electron chi connectivity index (χ4n) is 2.35. The van der Waals surface area contributed by atoms with Crippen LogP contribution in [0.25, 0.3) is 0 Å². The summed E-state index contributed by atoms with van der Waals surface area (Å²) >= 11 is 6.13. The van der Waals surface area contributed by atoms with Gasteiger partial charge in [0.25, 0.3) is 15.9 Å². The first-order valence-corrected chi connectivity index (χ1v) is 10.6. The highest BCUT2D eigenvalue weighted by atomic mass is 35.5. The van der Waals surface area contributed by atoms with E-state index in [-0.39, 0.29) is 33.3 Å². The maximum Gasteiger partial charge on any atom is 0.263 e. The second-order valence-electron chi connectivity index (χ2n) is 7.08. The molecule has 0 fully saturated rings. The van der Waals surface area contributed by atoms with Crippen LogP contribution >= 0.6 is 11.6 Å². The van der Waals surface area contributed by atoms with E-state index < -0.39 is 10.0 Å². The lowest BCUT2D eigenvalue weighted by Gasteiger charge is -2.18. The number of aryl methyl sites for hydroxylation is 2. The molecule has 146 valence electrons. The summed E-state index contributed by atoms with van der Waals surface area (Å²) in [5.74, 6) is -0.0773. The molecule has 2 aromatic carbocycles. The fraction of sp³-hybridized carbons (Fsp3) is 0.350. The first kappa shape index (κ1) is 21.3. The number of halogens is 1. The molecule has 5 nitrogen and oxygen atoms in total. The third-order valence-corrected chi connectivity index (χ3v) is 6.33. The molecule has 1 unspecified atom stereocenters. The Labute approximate surface area is 166 Å². The quantitative estimate of drug-likeness (QED) is 0.737. The summed E-state index contributed by atoms with van der Waals surface area (Å²) in [6.45, 7) is 9.59. The van der Waals surface area contributed by atoms with E-state index in [1.54, 1.807) is 6.07 Å². The summed E-state index contributed by atoms with van der Waals surface area (Å²) in [6, 6.07) is 9.70. The highest BCUT2D eigenvalue weighted by Crippen LogP contribution is 2.27. The van der Waals surface area contributed by atoms with Crippen LogP contribution in [0, 0.1) is 19.8 Å². The summed E-state index contributed by atoms with van der Waals surface area (Å²) in [6.07, 6.45) is 0. The van der Waals surface area contributed by atoms with Crippen LogP contribution in [0.15, 0.2) is 41.3 Å². The third kappa shape index (κ3) is 5.23. The van der Waals surface area contributed by atoms with Gasteiger partial charge in [0.2, 0.25) is 0 Å².